The minimum Gasteiger partial charge on any atom is -0.350 e. The highest BCUT2D eigenvalue weighted by molar-refractivity contribution is 5.89. The number of carbonyl (C=O) groups excluding carboxylic acids is 2. The number of benzene rings is 2. The zero-order valence-electron chi connectivity index (χ0n) is 19.7. The van der Waals surface area contributed by atoms with Crippen LogP contribution in [0.3, 0.4) is 0 Å². The van der Waals surface area contributed by atoms with Crippen molar-refractivity contribution in [1.82, 2.24) is 20.0 Å². The van der Waals surface area contributed by atoms with Gasteiger partial charge in [0.2, 0.25) is 11.8 Å². The Labute approximate surface area is 197 Å². The third kappa shape index (κ3) is 6.21. The second-order valence-corrected chi connectivity index (χ2v) is 9.10. The number of rotatable bonds is 8. The van der Waals surface area contributed by atoms with Crippen LogP contribution in [0.15, 0.2) is 54.6 Å². The van der Waals surface area contributed by atoms with Crippen LogP contribution in [0.4, 0.5) is 0 Å². The van der Waals surface area contributed by atoms with Crippen LogP contribution < -0.4 is 5.32 Å². The quantitative estimate of drug-likeness (QED) is 0.674. The summed E-state index contributed by atoms with van der Waals surface area (Å²) in [5.41, 5.74) is 3.24. The summed E-state index contributed by atoms with van der Waals surface area (Å²) >= 11 is 0. The number of hydrogen-bond acceptors (Lipinski definition) is 4. The van der Waals surface area contributed by atoms with Gasteiger partial charge < -0.3 is 15.1 Å². The second kappa shape index (κ2) is 11.4. The minimum atomic E-state index is -0.569. The molecule has 2 aliphatic heterocycles. The van der Waals surface area contributed by atoms with Crippen LogP contribution in [0, 0.1) is 0 Å². The molecule has 0 radical (unpaired) electrons. The van der Waals surface area contributed by atoms with Gasteiger partial charge in [-0.3, -0.25) is 14.5 Å². The summed E-state index contributed by atoms with van der Waals surface area (Å²) in [5.74, 6) is -0.0521. The summed E-state index contributed by atoms with van der Waals surface area (Å²) < 4.78 is 0. The fraction of sp³-hybridized carbons (Fsp3) is 0.481. The Morgan fingerprint density at radius 2 is 1.55 bits per heavy atom. The van der Waals surface area contributed by atoms with E-state index in [1.807, 2.05) is 30.3 Å². The highest BCUT2D eigenvalue weighted by atomic mass is 16.2. The van der Waals surface area contributed by atoms with Crippen LogP contribution in [-0.4, -0.2) is 65.8 Å². The topological polar surface area (TPSA) is 55.9 Å². The molecule has 2 aromatic carbocycles. The summed E-state index contributed by atoms with van der Waals surface area (Å²) in [4.78, 5) is 32.5. The molecule has 1 N–H and O–H groups in total. The monoisotopic (exact) mass is 448 g/mol. The number of nitrogens with one attached hydrogen (secondary N) is 1. The van der Waals surface area contributed by atoms with Crippen molar-refractivity contribution in [3.63, 3.8) is 0 Å². The Kier molecular flexibility index (Phi) is 8.13. The molecule has 2 saturated heterocycles. The molecule has 0 saturated carbocycles. The van der Waals surface area contributed by atoms with Gasteiger partial charge in [-0.2, -0.15) is 0 Å². The molecule has 0 aromatic heterocycles. The van der Waals surface area contributed by atoms with Crippen molar-refractivity contribution in [3.05, 3.63) is 71.3 Å². The lowest BCUT2D eigenvalue weighted by Crippen LogP contribution is -2.45. The molecule has 1 atom stereocenters. The van der Waals surface area contributed by atoms with Gasteiger partial charge in [0.1, 0.15) is 6.04 Å². The molecule has 2 fully saturated rings. The standard InChI is InChI=1S/C27H36N4O2/c1-2-29-16-18-30(19-17-29)21-23-13-11-22(12-14-23)20-28-27(33)26(24-8-4-3-5-9-24)31-15-7-6-10-25(31)32/h3-5,8-9,11-14,26H,2,6-7,10,15-21H2,1H3,(H,28,33). The Balaban J connectivity index is 1.35. The van der Waals surface area contributed by atoms with E-state index < -0.39 is 6.04 Å². The number of likely N-dealkylation sites (N-methyl/N-ethyl adjacent to an activating group) is 1. The molecular weight excluding hydrogens is 412 g/mol. The summed E-state index contributed by atoms with van der Waals surface area (Å²) in [6, 6.07) is 17.6. The highest BCUT2D eigenvalue weighted by Crippen LogP contribution is 2.26. The number of amides is 2. The molecule has 2 aromatic rings. The first kappa shape index (κ1) is 23.5. The maximum absolute atomic E-state index is 13.2. The van der Waals surface area contributed by atoms with Gasteiger partial charge in [-0.1, -0.05) is 61.5 Å². The molecule has 2 aliphatic rings. The van der Waals surface area contributed by atoms with E-state index in [-0.39, 0.29) is 11.8 Å². The zero-order chi connectivity index (χ0) is 23.0. The summed E-state index contributed by atoms with van der Waals surface area (Å²) in [5, 5.41) is 3.08. The van der Waals surface area contributed by atoms with Crippen molar-refractivity contribution in [2.75, 3.05) is 39.3 Å². The average Bonchev–Trinajstić information content (AvgIpc) is 2.86. The van der Waals surface area contributed by atoms with Crippen LogP contribution in [0.2, 0.25) is 0 Å². The van der Waals surface area contributed by atoms with Crippen molar-refractivity contribution in [2.45, 2.75) is 45.3 Å². The van der Waals surface area contributed by atoms with Gasteiger partial charge in [0.15, 0.2) is 0 Å². The number of nitrogens with zero attached hydrogens (tertiary/aromatic N) is 3. The molecule has 4 rings (SSSR count). The molecule has 2 heterocycles. The normalized spacial score (nSPS) is 18.8. The molecule has 1 unspecified atom stereocenters. The maximum Gasteiger partial charge on any atom is 0.247 e. The Morgan fingerprint density at radius 1 is 0.879 bits per heavy atom. The highest BCUT2D eigenvalue weighted by Gasteiger charge is 2.32. The Bertz CT molecular complexity index is 907. The first-order valence-corrected chi connectivity index (χ1v) is 12.3. The van der Waals surface area contributed by atoms with E-state index in [0.717, 1.165) is 63.2 Å². The Morgan fingerprint density at radius 3 is 2.21 bits per heavy atom. The van der Waals surface area contributed by atoms with Crippen molar-refractivity contribution in [1.29, 1.82) is 0 Å². The molecule has 6 heteroatoms. The van der Waals surface area contributed by atoms with E-state index in [9.17, 15) is 9.59 Å². The van der Waals surface area contributed by atoms with E-state index in [4.69, 9.17) is 0 Å². The van der Waals surface area contributed by atoms with E-state index in [1.165, 1.54) is 5.56 Å². The second-order valence-electron chi connectivity index (χ2n) is 9.10. The smallest absolute Gasteiger partial charge is 0.247 e. The fourth-order valence-electron chi connectivity index (χ4n) is 4.78. The molecule has 2 amide bonds. The maximum atomic E-state index is 13.2. The van der Waals surface area contributed by atoms with Gasteiger partial charge in [0, 0.05) is 52.2 Å². The number of carbonyl (C=O) groups is 2. The predicted molar refractivity (Wildman–Crippen MR) is 130 cm³/mol. The number of piperidine rings is 1. The van der Waals surface area contributed by atoms with Crippen LogP contribution in [-0.2, 0) is 22.7 Å². The molecule has 176 valence electrons. The van der Waals surface area contributed by atoms with Crippen molar-refractivity contribution < 1.29 is 9.59 Å². The molecule has 33 heavy (non-hydrogen) atoms. The van der Waals surface area contributed by atoms with Gasteiger partial charge in [-0.15, -0.1) is 0 Å². The lowest BCUT2D eigenvalue weighted by atomic mass is 10.0. The van der Waals surface area contributed by atoms with Gasteiger partial charge in [0.25, 0.3) is 0 Å². The number of hydrogen-bond donors (Lipinski definition) is 1. The first-order valence-electron chi connectivity index (χ1n) is 12.3. The third-order valence-corrected chi connectivity index (χ3v) is 6.84. The van der Waals surface area contributed by atoms with E-state index in [0.29, 0.717) is 19.5 Å². The largest absolute Gasteiger partial charge is 0.350 e. The van der Waals surface area contributed by atoms with E-state index in [1.54, 1.807) is 4.90 Å². The van der Waals surface area contributed by atoms with Gasteiger partial charge >= 0.3 is 0 Å². The lowest BCUT2D eigenvalue weighted by molar-refractivity contribution is -0.142. The molecular formula is C27H36N4O2. The molecule has 6 nitrogen and oxygen atoms in total. The number of piperazine rings is 1. The number of likely N-dealkylation sites (tertiary alicyclic amines) is 1. The van der Waals surface area contributed by atoms with Crippen molar-refractivity contribution in [2.24, 2.45) is 0 Å². The predicted octanol–water partition coefficient (Wildman–Crippen LogP) is 3.19. The molecule has 0 bridgehead atoms. The van der Waals surface area contributed by atoms with Crippen molar-refractivity contribution >= 4 is 11.8 Å². The van der Waals surface area contributed by atoms with E-state index >= 15 is 0 Å². The van der Waals surface area contributed by atoms with Gasteiger partial charge in [-0.05, 0) is 36.1 Å². The average molecular weight is 449 g/mol. The fourth-order valence-corrected chi connectivity index (χ4v) is 4.78. The summed E-state index contributed by atoms with van der Waals surface area (Å²) in [6.07, 6.45) is 2.36. The first-order chi connectivity index (χ1) is 16.1. The van der Waals surface area contributed by atoms with Crippen LogP contribution in [0.1, 0.15) is 48.9 Å². The van der Waals surface area contributed by atoms with E-state index in [2.05, 4.69) is 46.3 Å². The summed E-state index contributed by atoms with van der Waals surface area (Å²) in [7, 11) is 0. The summed E-state index contributed by atoms with van der Waals surface area (Å²) in [6.45, 7) is 9.92. The minimum absolute atomic E-state index is 0.0642. The van der Waals surface area contributed by atoms with Crippen LogP contribution in [0.5, 0.6) is 0 Å². The Hall–Kier alpha value is -2.70. The zero-order valence-corrected chi connectivity index (χ0v) is 19.7. The van der Waals surface area contributed by atoms with Gasteiger partial charge in [0.05, 0.1) is 0 Å². The third-order valence-electron chi connectivity index (χ3n) is 6.84. The molecule has 0 aliphatic carbocycles. The van der Waals surface area contributed by atoms with Gasteiger partial charge in [-0.25, -0.2) is 0 Å². The van der Waals surface area contributed by atoms with Crippen LogP contribution in [0.25, 0.3) is 0 Å². The SMILES string of the molecule is CCN1CCN(Cc2ccc(CNC(=O)C(c3ccccc3)N3CCCCC3=O)cc2)CC1. The van der Waals surface area contributed by atoms with Crippen LogP contribution >= 0.6 is 0 Å². The lowest BCUT2D eigenvalue weighted by Gasteiger charge is -2.34. The van der Waals surface area contributed by atoms with Crippen molar-refractivity contribution in [3.8, 4) is 0 Å². The molecule has 0 spiro atoms.